The van der Waals surface area contributed by atoms with Crippen LogP contribution in [-0.2, 0) is 14.8 Å². The molecule has 0 heterocycles. The summed E-state index contributed by atoms with van der Waals surface area (Å²) in [5.74, 6) is -0.546. The summed E-state index contributed by atoms with van der Waals surface area (Å²) >= 11 is 0. The van der Waals surface area contributed by atoms with E-state index in [-0.39, 0.29) is 17.1 Å². The summed E-state index contributed by atoms with van der Waals surface area (Å²) in [7, 11) is -3.83. The van der Waals surface area contributed by atoms with Crippen LogP contribution in [0.1, 0.15) is 28.4 Å². The second-order valence-corrected chi connectivity index (χ2v) is 5.23. The first-order valence-electron chi connectivity index (χ1n) is 5.08. The predicted molar refractivity (Wildman–Crippen MR) is 63.2 cm³/mol. The third-order valence-corrected chi connectivity index (χ3v) is 3.38. The minimum absolute atomic E-state index is 0.0499. The van der Waals surface area contributed by atoms with Crippen LogP contribution in [0.4, 0.5) is 0 Å². The quantitative estimate of drug-likeness (QED) is 0.822. The summed E-state index contributed by atoms with van der Waals surface area (Å²) in [6, 6.07) is 2.87. The van der Waals surface area contributed by atoms with Gasteiger partial charge in [-0.2, -0.15) is 0 Å². The Kier molecular flexibility index (Phi) is 3.90. The van der Waals surface area contributed by atoms with E-state index in [1.807, 2.05) is 0 Å². The number of carbonyl (C=O) groups is 1. The van der Waals surface area contributed by atoms with Gasteiger partial charge in [-0.05, 0) is 38.0 Å². The Morgan fingerprint density at radius 3 is 2.35 bits per heavy atom. The fraction of sp³-hybridized carbons (Fsp3) is 0.364. The van der Waals surface area contributed by atoms with Gasteiger partial charge >= 0.3 is 5.97 Å². The molecule has 0 bridgehead atoms. The first-order valence-corrected chi connectivity index (χ1v) is 6.63. The molecule has 0 aliphatic rings. The van der Waals surface area contributed by atoms with Crippen molar-refractivity contribution >= 4 is 16.0 Å². The highest BCUT2D eigenvalue weighted by Gasteiger charge is 2.18. The van der Waals surface area contributed by atoms with Gasteiger partial charge in [-0.3, -0.25) is 0 Å². The summed E-state index contributed by atoms with van der Waals surface area (Å²) in [5.41, 5.74) is 1.40. The van der Waals surface area contributed by atoms with Gasteiger partial charge in [-0.25, -0.2) is 18.4 Å². The zero-order valence-electron chi connectivity index (χ0n) is 9.98. The molecule has 1 aromatic rings. The van der Waals surface area contributed by atoms with Crippen molar-refractivity contribution in [3.8, 4) is 0 Å². The largest absolute Gasteiger partial charge is 0.462 e. The fourth-order valence-corrected chi connectivity index (χ4v) is 2.36. The number of hydrogen-bond acceptors (Lipinski definition) is 4. The minimum atomic E-state index is -3.83. The maximum absolute atomic E-state index is 11.6. The van der Waals surface area contributed by atoms with Crippen LogP contribution >= 0.6 is 0 Å². The third kappa shape index (κ3) is 3.04. The van der Waals surface area contributed by atoms with Gasteiger partial charge in [0, 0.05) is 0 Å². The van der Waals surface area contributed by atoms with E-state index >= 15 is 0 Å². The predicted octanol–water partition coefficient (Wildman–Crippen LogP) is 1.13. The number of aryl methyl sites for hydroxylation is 2. The summed E-state index contributed by atoms with van der Waals surface area (Å²) in [6.07, 6.45) is 0. The lowest BCUT2D eigenvalue weighted by Crippen LogP contribution is -2.16. The molecular formula is C11H15NO4S. The molecule has 0 saturated heterocycles. The average molecular weight is 257 g/mol. The van der Waals surface area contributed by atoms with Crippen molar-refractivity contribution in [2.24, 2.45) is 5.14 Å². The van der Waals surface area contributed by atoms with E-state index in [1.165, 1.54) is 6.07 Å². The Hall–Kier alpha value is -1.40. The maximum Gasteiger partial charge on any atom is 0.338 e. The number of rotatable bonds is 3. The Morgan fingerprint density at radius 1 is 1.29 bits per heavy atom. The molecule has 0 aliphatic carbocycles. The Balaban J connectivity index is 3.39. The lowest BCUT2D eigenvalue weighted by Gasteiger charge is -2.10. The molecule has 0 fully saturated rings. The zero-order valence-corrected chi connectivity index (χ0v) is 10.8. The smallest absolute Gasteiger partial charge is 0.338 e. The van der Waals surface area contributed by atoms with Gasteiger partial charge in [0.25, 0.3) is 0 Å². The van der Waals surface area contributed by atoms with Crippen LogP contribution < -0.4 is 5.14 Å². The number of sulfonamides is 1. The van der Waals surface area contributed by atoms with Crippen molar-refractivity contribution in [2.45, 2.75) is 25.7 Å². The summed E-state index contributed by atoms with van der Waals surface area (Å²) in [6.45, 7) is 5.26. The number of nitrogens with two attached hydrogens (primary N) is 1. The van der Waals surface area contributed by atoms with E-state index in [2.05, 4.69) is 0 Å². The molecule has 94 valence electrons. The topological polar surface area (TPSA) is 86.5 Å². The van der Waals surface area contributed by atoms with Crippen molar-refractivity contribution in [3.63, 3.8) is 0 Å². The van der Waals surface area contributed by atoms with E-state index in [0.717, 1.165) is 0 Å². The zero-order chi connectivity index (χ0) is 13.2. The van der Waals surface area contributed by atoms with E-state index < -0.39 is 16.0 Å². The third-order valence-electron chi connectivity index (χ3n) is 2.32. The Labute approximate surface area is 101 Å². The molecule has 1 aromatic carbocycles. The normalized spacial score (nSPS) is 11.3. The van der Waals surface area contributed by atoms with Crippen molar-refractivity contribution in [1.29, 1.82) is 0 Å². The summed E-state index contributed by atoms with van der Waals surface area (Å²) in [5, 5.41) is 5.07. The summed E-state index contributed by atoms with van der Waals surface area (Å²) in [4.78, 5) is 11.5. The van der Waals surface area contributed by atoms with Gasteiger partial charge in [0.15, 0.2) is 0 Å². The van der Waals surface area contributed by atoms with Crippen LogP contribution in [0.5, 0.6) is 0 Å². The van der Waals surface area contributed by atoms with Gasteiger partial charge in [0.2, 0.25) is 10.0 Å². The molecule has 5 nitrogen and oxygen atoms in total. The number of esters is 1. The van der Waals surface area contributed by atoms with E-state index in [1.54, 1.807) is 26.8 Å². The van der Waals surface area contributed by atoms with Crippen LogP contribution in [0, 0.1) is 13.8 Å². The van der Waals surface area contributed by atoms with E-state index in [9.17, 15) is 13.2 Å². The molecule has 0 unspecified atom stereocenters. The molecular weight excluding hydrogens is 242 g/mol. The van der Waals surface area contributed by atoms with Gasteiger partial charge in [0.05, 0.1) is 17.1 Å². The number of hydrogen-bond donors (Lipinski definition) is 1. The van der Waals surface area contributed by atoms with Crippen LogP contribution in [0.3, 0.4) is 0 Å². The highest BCUT2D eigenvalue weighted by molar-refractivity contribution is 7.89. The highest BCUT2D eigenvalue weighted by Crippen LogP contribution is 2.20. The average Bonchev–Trinajstić information content (AvgIpc) is 2.15. The number of ether oxygens (including phenoxy) is 1. The van der Waals surface area contributed by atoms with Gasteiger partial charge in [0.1, 0.15) is 0 Å². The number of primary sulfonamides is 1. The molecule has 0 atom stereocenters. The molecule has 6 heteroatoms. The van der Waals surface area contributed by atoms with Gasteiger partial charge in [-0.15, -0.1) is 0 Å². The Bertz CT molecular complexity index is 549. The van der Waals surface area contributed by atoms with Crippen LogP contribution in [0.15, 0.2) is 17.0 Å². The second-order valence-electron chi connectivity index (χ2n) is 3.70. The molecule has 1 rings (SSSR count). The first kappa shape index (κ1) is 13.7. The SMILES string of the molecule is CCOC(=O)c1cc(S(N)(=O)=O)c(C)cc1C. The van der Waals surface area contributed by atoms with Crippen molar-refractivity contribution in [1.82, 2.24) is 0 Å². The second kappa shape index (κ2) is 4.85. The van der Waals surface area contributed by atoms with Crippen LogP contribution in [-0.4, -0.2) is 21.0 Å². The van der Waals surface area contributed by atoms with Crippen molar-refractivity contribution < 1.29 is 17.9 Å². The molecule has 17 heavy (non-hydrogen) atoms. The highest BCUT2D eigenvalue weighted by atomic mass is 32.2. The maximum atomic E-state index is 11.6. The number of carbonyl (C=O) groups excluding carboxylic acids is 1. The monoisotopic (exact) mass is 257 g/mol. The van der Waals surface area contributed by atoms with E-state index in [4.69, 9.17) is 9.88 Å². The standard InChI is InChI=1S/C11H15NO4S/c1-4-16-11(13)9-6-10(17(12,14)15)8(3)5-7(9)2/h5-6H,4H2,1-3H3,(H2,12,14,15). The first-order chi connectivity index (χ1) is 7.77. The molecule has 0 aromatic heterocycles. The molecule has 0 spiro atoms. The molecule has 0 amide bonds. The van der Waals surface area contributed by atoms with Crippen LogP contribution in [0.25, 0.3) is 0 Å². The molecule has 2 N–H and O–H groups in total. The van der Waals surface area contributed by atoms with E-state index in [0.29, 0.717) is 11.1 Å². The van der Waals surface area contributed by atoms with Crippen molar-refractivity contribution in [2.75, 3.05) is 6.61 Å². The van der Waals surface area contributed by atoms with Gasteiger partial charge < -0.3 is 4.74 Å². The summed E-state index contributed by atoms with van der Waals surface area (Å²) < 4.78 is 27.5. The molecule has 0 radical (unpaired) electrons. The number of benzene rings is 1. The lowest BCUT2D eigenvalue weighted by atomic mass is 10.1. The Morgan fingerprint density at radius 2 is 1.88 bits per heavy atom. The fourth-order valence-electron chi connectivity index (χ4n) is 1.57. The molecule has 0 saturated carbocycles. The van der Waals surface area contributed by atoms with Crippen molar-refractivity contribution in [3.05, 3.63) is 28.8 Å². The van der Waals surface area contributed by atoms with Gasteiger partial charge in [-0.1, -0.05) is 6.07 Å². The van der Waals surface area contributed by atoms with Crippen LogP contribution in [0.2, 0.25) is 0 Å². The molecule has 0 aliphatic heterocycles. The lowest BCUT2D eigenvalue weighted by molar-refractivity contribution is 0.0525. The minimum Gasteiger partial charge on any atom is -0.462 e.